The molecule has 0 aliphatic heterocycles. The Labute approximate surface area is 113 Å². The molecule has 0 saturated heterocycles. The standard InChI is InChI=1S/C15H22N2O2/c1-4-7-12(16-5-2)11-8-9-13-14(10-11)19-15(18)17(13)6-3/h8-10,12,16H,4-7H2,1-3H3. The van der Waals surface area contributed by atoms with E-state index in [-0.39, 0.29) is 5.76 Å². The zero-order valence-electron chi connectivity index (χ0n) is 11.9. The van der Waals surface area contributed by atoms with E-state index in [1.54, 1.807) is 4.57 Å². The fourth-order valence-corrected chi connectivity index (χ4v) is 2.52. The van der Waals surface area contributed by atoms with Crippen molar-refractivity contribution in [1.82, 2.24) is 9.88 Å². The SMILES string of the molecule is CCCC(NCC)c1ccc2c(c1)oc(=O)n2CC. The Morgan fingerprint density at radius 3 is 2.74 bits per heavy atom. The van der Waals surface area contributed by atoms with Crippen LogP contribution in [0.3, 0.4) is 0 Å². The van der Waals surface area contributed by atoms with E-state index >= 15 is 0 Å². The van der Waals surface area contributed by atoms with E-state index < -0.39 is 0 Å². The van der Waals surface area contributed by atoms with Crippen molar-refractivity contribution in [2.75, 3.05) is 6.54 Å². The second kappa shape index (κ2) is 6.06. The topological polar surface area (TPSA) is 47.2 Å². The van der Waals surface area contributed by atoms with Crippen LogP contribution >= 0.6 is 0 Å². The van der Waals surface area contributed by atoms with Crippen molar-refractivity contribution < 1.29 is 4.42 Å². The van der Waals surface area contributed by atoms with Crippen molar-refractivity contribution in [1.29, 1.82) is 0 Å². The van der Waals surface area contributed by atoms with E-state index in [0.717, 1.165) is 24.9 Å². The molecule has 0 amide bonds. The van der Waals surface area contributed by atoms with Gasteiger partial charge in [-0.05, 0) is 37.6 Å². The number of nitrogens with zero attached hydrogens (tertiary/aromatic N) is 1. The third-order valence-corrected chi connectivity index (χ3v) is 3.44. The van der Waals surface area contributed by atoms with E-state index in [9.17, 15) is 4.79 Å². The third kappa shape index (κ3) is 2.73. The molecule has 1 aromatic carbocycles. The third-order valence-electron chi connectivity index (χ3n) is 3.44. The summed E-state index contributed by atoms with van der Waals surface area (Å²) in [5, 5.41) is 3.47. The quantitative estimate of drug-likeness (QED) is 0.870. The number of nitrogens with one attached hydrogen (secondary N) is 1. The number of benzene rings is 1. The summed E-state index contributed by atoms with van der Waals surface area (Å²) in [6, 6.07) is 6.40. The summed E-state index contributed by atoms with van der Waals surface area (Å²) >= 11 is 0. The van der Waals surface area contributed by atoms with Gasteiger partial charge in [-0.15, -0.1) is 0 Å². The van der Waals surface area contributed by atoms with Crippen LogP contribution in [0.15, 0.2) is 27.4 Å². The molecular weight excluding hydrogens is 240 g/mol. The van der Waals surface area contributed by atoms with Gasteiger partial charge in [-0.2, -0.15) is 0 Å². The number of aromatic nitrogens is 1. The van der Waals surface area contributed by atoms with Gasteiger partial charge in [0.2, 0.25) is 0 Å². The molecule has 4 heteroatoms. The maximum Gasteiger partial charge on any atom is 0.419 e. The number of hydrogen-bond acceptors (Lipinski definition) is 3. The highest BCUT2D eigenvalue weighted by atomic mass is 16.4. The predicted molar refractivity (Wildman–Crippen MR) is 77.5 cm³/mol. The van der Waals surface area contributed by atoms with Crippen molar-refractivity contribution in [3.8, 4) is 0 Å². The Morgan fingerprint density at radius 2 is 2.11 bits per heavy atom. The van der Waals surface area contributed by atoms with Crippen LogP contribution in [-0.4, -0.2) is 11.1 Å². The van der Waals surface area contributed by atoms with E-state index in [1.807, 2.05) is 19.1 Å². The molecule has 104 valence electrons. The van der Waals surface area contributed by atoms with Crippen molar-refractivity contribution >= 4 is 11.1 Å². The van der Waals surface area contributed by atoms with Gasteiger partial charge >= 0.3 is 5.76 Å². The lowest BCUT2D eigenvalue weighted by Gasteiger charge is -2.17. The molecule has 0 bridgehead atoms. The number of rotatable bonds is 6. The van der Waals surface area contributed by atoms with Gasteiger partial charge in [-0.1, -0.05) is 26.3 Å². The summed E-state index contributed by atoms with van der Waals surface area (Å²) < 4.78 is 6.97. The molecular formula is C15H22N2O2. The number of fused-ring (bicyclic) bond motifs is 1. The first-order valence-electron chi connectivity index (χ1n) is 7.07. The van der Waals surface area contributed by atoms with Crippen LogP contribution in [0, 0.1) is 0 Å². The molecule has 0 fully saturated rings. The normalized spacial score (nSPS) is 13.0. The second-order valence-corrected chi connectivity index (χ2v) is 4.74. The molecule has 4 nitrogen and oxygen atoms in total. The van der Waals surface area contributed by atoms with Crippen LogP contribution in [0.5, 0.6) is 0 Å². The van der Waals surface area contributed by atoms with Gasteiger partial charge < -0.3 is 9.73 Å². The zero-order chi connectivity index (χ0) is 13.8. The van der Waals surface area contributed by atoms with Crippen molar-refractivity contribution in [2.45, 2.75) is 46.2 Å². The fraction of sp³-hybridized carbons (Fsp3) is 0.533. The van der Waals surface area contributed by atoms with Crippen LogP contribution in [0.1, 0.15) is 45.2 Å². The van der Waals surface area contributed by atoms with Crippen LogP contribution in [-0.2, 0) is 6.54 Å². The van der Waals surface area contributed by atoms with Crippen LogP contribution in [0.4, 0.5) is 0 Å². The molecule has 1 N–H and O–H groups in total. The lowest BCUT2D eigenvalue weighted by molar-refractivity contribution is 0.503. The summed E-state index contributed by atoms with van der Waals surface area (Å²) in [5.41, 5.74) is 2.75. The van der Waals surface area contributed by atoms with Gasteiger partial charge in [-0.25, -0.2) is 4.79 Å². The fourth-order valence-electron chi connectivity index (χ4n) is 2.52. The minimum atomic E-state index is -0.273. The van der Waals surface area contributed by atoms with Crippen molar-refractivity contribution in [3.63, 3.8) is 0 Å². The number of hydrogen-bond donors (Lipinski definition) is 1. The monoisotopic (exact) mass is 262 g/mol. The molecule has 1 aromatic heterocycles. The Bertz CT molecular complexity index is 592. The van der Waals surface area contributed by atoms with Crippen molar-refractivity contribution in [3.05, 3.63) is 34.3 Å². The van der Waals surface area contributed by atoms with Gasteiger partial charge in [0.05, 0.1) is 5.52 Å². The Kier molecular flexibility index (Phi) is 4.43. The zero-order valence-corrected chi connectivity index (χ0v) is 11.9. The Morgan fingerprint density at radius 1 is 1.32 bits per heavy atom. The summed E-state index contributed by atoms with van der Waals surface area (Å²) in [4.78, 5) is 11.7. The van der Waals surface area contributed by atoms with Gasteiger partial charge in [0.15, 0.2) is 5.58 Å². The highest BCUT2D eigenvalue weighted by Gasteiger charge is 2.13. The highest BCUT2D eigenvalue weighted by molar-refractivity contribution is 5.73. The molecule has 1 atom stereocenters. The highest BCUT2D eigenvalue weighted by Crippen LogP contribution is 2.23. The van der Waals surface area contributed by atoms with E-state index in [4.69, 9.17) is 4.42 Å². The minimum Gasteiger partial charge on any atom is -0.408 e. The number of aryl methyl sites for hydroxylation is 1. The summed E-state index contributed by atoms with van der Waals surface area (Å²) in [6.45, 7) is 7.80. The molecule has 2 aromatic rings. The molecule has 1 heterocycles. The molecule has 1 unspecified atom stereocenters. The Balaban J connectivity index is 2.43. The molecule has 0 aliphatic rings. The first kappa shape index (κ1) is 13.9. The first-order chi connectivity index (χ1) is 9.21. The van der Waals surface area contributed by atoms with Crippen LogP contribution < -0.4 is 11.1 Å². The molecule has 2 rings (SSSR count). The minimum absolute atomic E-state index is 0.273. The van der Waals surface area contributed by atoms with Gasteiger partial charge in [0.25, 0.3) is 0 Å². The lowest BCUT2D eigenvalue weighted by atomic mass is 10.0. The van der Waals surface area contributed by atoms with Crippen LogP contribution in [0.25, 0.3) is 11.1 Å². The second-order valence-electron chi connectivity index (χ2n) is 4.74. The van der Waals surface area contributed by atoms with Crippen molar-refractivity contribution in [2.24, 2.45) is 0 Å². The van der Waals surface area contributed by atoms with E-state index in [0.29, 0.717) is 18.2 Å². The van der Waals surface area contributed by atoms with Gasteiger partial charge in [-0.3, -0.25) is 4.57 Å². The summed E-state index contributed by atoms with van der Waals surface area (Å²) in [5.74, 6) is -0.273. The van der Waals surface area contributed by atoms with Gasteiger partial charge in [0, 0.05) is 12.6 Å². The predicted octanol–water partition coefficient (Wildman–Crippen LogP) is 3.07. The van der Waals surface area contributed by atoms with Crippen LogP contribution in [0.2, 0.25) is 0 Å². The Hall–Kier alpha value is -1.55. The summed E-state index contributed by atoms with van der Waals surface area (Å²) in [6.07, 6.45) is 2.20. The molecule has 19 heavy (non-hydrogen) atoms. The smallest absolute Gasteiger partial charge is 0.408 e. The average molecular weight is 262 g/mol. The largest absolute Gasteiger partial charge is 0.419 e. The van der Waals surface area contributed by atoms with Gasteiger partial charge in [0.1, 0.15) is 0 Å². The molecule has 0 aliphatic carbocycles. The maximum atomic E-state index is 11.7. The number of oxazole rings is 1. The average Bonchev–Trinajstić information content (AvgIpc) is 2.72. The van der Waals surface area contributed by atoms with E-state index in [2.05, 4.69) is 25.2 Å². The summed E-state index contributed by atoms with van der Waals surface area (Å²) in [7, 11) is 0. The van der Waals surface area contributed by atoms with E-state index in [1.165, 1.54) is 5.56 Å². The molecule has 0 spiro atoms. The first-order valence-corrected chi connectivity index (χ1v) is 7.07. The molecule has 0 saturated carbocycles. The molecule has 0 radical (unpaired) electrons. The lowest BCUT2D eigenvalue weighted by Crippen LogP contribution is -2.20. The maximum absolute atomic E-state index is 11.7.